The quantitative estimate of drug-likeness (QED) is 0.169. The number of hydrogen-bond acceptors (Lipinski definition) is 9. The first-order valence-corrected chi connectivity index (χ1v) is 23.2. The van der Waals surface area contributed by atoms with Crippen LogP contribution in [0.5, 0.6) is 0 Å². The van der Waals surface area contributed by atoms with Gasteiger partial charge in [0.25, 0.3) is 0 Å². The lowest BCUT2D eigenvalue weighted by Gasteiger charge is -2.35. The summed E-state index contributed by atoms with van der Waals surface area (Å²) in [5.41, 5.74) is 0. The van der Waals surface area contributed by atoms with Gasteiger partial charge in [0.2, 0.25) is 0 Å². The standard InChI is InChI=1S/C15H30N3O2.C14H28N3O3.C12H24N3OS.3CH4/c1-19-13-11-17-9-6-10-18(12-14-20-2)15(17)16-7-4-3-5-8-16;1-3-19-11-7-16-5-4-15(6-10-18-2)14(16)17-8-12-20-13-9-17;1-13-4-3-5-14(6-9-16-2)12(13)15-7-10-17-11-8-15;;;/h3-14H2,1-2H3;3-13H2,1-2H3;3-11H2,1-2H3;3*1H4/q3*+1;;;. The highest BCUT2D eigenvalue weighted by atomic mass is 32.2. The van der Waals surface area contributed by atoms with Gasteiger partial charge in [0.05, 0.1) is 165 Å². The Hall–Kier alpha value is -2.08. The van der Waals surface area contributed by atoms with E-state index in [2.05, 4.69) is 61.9 Å². The van der Waals surface area contributed by atoms with Gasteiger partial charge < -0.3 is 28.4 Å². The Morgan fingerprint density at radius 3 is 1.42 bits per heavy atom. The first kappa shape index (κ1) is 55.9. The maximum atomic E-state index is 5.51. The van der Waals surface area contributed by atoms with Gasteiger partial charge in [-0.05, 0) is 26.2 Å². The molecule has 6 heterocycles. The molecular formula is C44H94N9O6S+3. The molecule has 0 saturated carbocycles. The van der Waals surface area contributed by atoms with Crippen LogP contribution < -0.4 is 0 Å². The van der Waals surface area contributed by atoms with Crippen LogP contribution in [0.4, 0.5) is 0 Å². The van der Waals surface area contributed by atoms with Gasteiger partial charge in [-0.2, -0.15) is 11.8 Å². The van der Waals surface area contributed by atoms with Crippen LogP contribution in [0.25, 0.3) is 0 Å². The summed E-state index contributed by atoms with van der Waals surface area (Å²) >= 11 is 2.07. The molecule has 0 aromatic carbocycles. The number of ether oxygens (including phenoxy) is 6. The van der Waals surface area contributed by atoms with Crippen LogP contribution in [0.1, 0.15) is 61.3 Å². The van der Waals surface area contributed by atoms with Gasteiger partial charge in [-0.25, -0.2) is 0 Å². The molecule has 0 amide bonds. The zero-order chi connectivity index (χ0) is 40.5. The number of thioether (sulfide) groups is 1. The van der Waals surface area contributed by atoms with Crippen molar-refractivity contribution < 1.29 is 42.1 Å². The minimum atomic E-state index is 0. The van der Waals surface area contributed by atoms with E-state index in [1.165, 1.54) is 101 Å². The summed E-state index contributed by atoms with van der Waals surface area (Å²) in [5, 5.41) is 0. The molecule has 0 atom stereocenters. The number of guanidine groups is 3. The van der Waals surface area contributed by atoms with E-state index in [-0.39, 0.29) is 22.3 Å². The molecule has 0 aromatic rings. The van der Waals surface area contributed by atoms with Crippen molar-refractivity contribution in [1.82, 2.24) is 29.4 Å². The molecule has 5 saturated heterocycles. The lowest BCUT2D eigenvalue weighted by atomic mass is 10.1. The van der Waals surface area contributed by atoms with Crippen LogP contribution in [0.3, 0.4) is 0 Å². The Morgan fingerprint density at radius 2 is 0.933 bits per heavy atom. The van der Waals surface area contributed by atoms with Crippen LogP contribution in [0.2, 0.25) is 0 Å². The molecular weight excluding hydrogens is 783 g/mol. The maximum absolute atomic E-state index is 5.51. The van der Waals surface area contributed by atoms with Gasteiger partial charge in [0.15, 0.2) is 0 Å². The third-order valence-electron chi connectivity index (χ3n) is 11.4. The molecule has 0 aromatic heterocycles. The highest BCUT2D eigenvalue weighted by Gasteiger charge is 2.37. The molecule has 0 radical (unpaired) electrons. The zero-order valence-electron chi connectivity index (χ0n) is 37.0. The van der Waals surface area contributed by atoms with Crippen molar-refractivity contribution >= 4 is 29.6 Å². The average molecular weight is 877 g/mol. The van der Waals surface area contributed by atoms with Crippen molar-refractivity contribution in [3.8, 4) is 0 Å². The van der Waals surface area contributed by atoms with E-state index in [0.29, 0.717) is 0 Å². The van der Waals surface area contributed by atoms with E-state index in [9.17, 15) is 0 Å². The summed E-state index contributed by atoms with van der Waals surface area (Å²) in [6.45, 7) is 26.9. The van der Waals surface area contributed by atoms with Crippen molar-refractivity contribution in [1.29, 1.82) is 0 Å². The Balaban J connectivity index is 0.000000441. The Kier molecular flexibility index (Phi) is 31.2. The average Bonchev–Trinajstić information content (AvgIpc) is 3.67. The molecule has 6 rings (SSSR count). The minimum Gasteiger partial charge on any atom is -0.381 e. The molecule has 15 nitrogen and oxygen atoms in total. The minimum absolute atomic E-state index is 0. The normalized spacial score (nSPS) is 19.9. The van der Waals surface area contributed by atoms with Crippen molar-refractivity contribution in [3.63, 3.8) is 0 Å². The van der Waals surface area contributed by atoms with Crippen LogP contribution in [0.15, 0.2) is 0 Å². The van der Waals surface area contributed by atoms with Crippen molar-refractivity contribution in [2.75, 3.05) is 211 Å². The molecule has 0 bridgehead atoms. The van der Waals surface area contributed by atoms with Gasteiger partial charge >= 0.3 is 17.9 Å². The van der Waals surface area contributed by atoms with E-state index < -0.39 is 0 Å². The summed E-state index contributed by atoms with van der Waals surface area (Å²) < 4.78 is 39.4. The lowest BCUT2D eigenvalue weighted by molar-refractivity contribution is -0.557. The molecule has 60 heavy (non-hydrogen) atoms. The highest BCUT2D eigenvalue weighted by molar-refractivity contribution is 7.99. The zero-order valence-corrected chi connectivity index (χ0v) is 37.8. The number of rotatable bonds is 16. The molecule has 6 aliphatic heterocycles. The Labute approximate surface area is 372 Å². The SMILES string of the molecule is C.C.C.CCOCCN1CCN(CCOC)C1=[N+]1CCOCC1.COCCN1CCCN(CCOC)C1=[N+]1CCCCC1.COCCN1CCC[N+](C)=C1N1CCSCC1. The summed E-state index contributed by atoms with van der Waals surface area (Å²) in [6, 6.07) is 0. The predicted octanol–water partition coefficient (Wildman–Crippen LogP) is 2.82. The third-order valence-corrected chi connectivity index (χ3v) is 12.3. The molecule has 0 unspecified atom stereocenters. The van der Waals surface area contributed by atoms with Crippen LogP contribution in [-0.4, -0.2) is 272 Å². The molecule has 0 N–H and O–H groups in total. The fourth-order valence-corrected chi connectivity index (χ4v) is 9.38. The molecule has 354 valence electrons. The first-order chi connectivity index (χ1) is 28.1. The van der Waals surface area contributed by atoms with Gasteiger partial charge in [-0.1, -0.05) is 22.3 Å². The lowest BCUT2D eigenvalue weighted by Crippen LogP contribution is -2.56. The van der Waals surface area contributed by atoms with E-state index in [0.717, 1.165) is 125 Å². The maximum Gasteiger partial charge on any atom is 0.351 e. The summed E-state index contributed by atoms with van der Waals surface area (Å²) in [4.78, 5) is 14.9. The number of nitrogens with zero attached hydrogens (tertiary/aromatic N) is 9. The summed E-state index contributed by atoms with van der Waals surface area (Å²) in [5.74, 6) is 6.70. The second-order valence-electron chi connectivity index (χ2n) is 15.4. The van der Waals surface area contributed by atoms with E-state index in [1.807, 2.05) is 6.92 Å². The number of morpholine rings is 1. The van der Waals surface area contributed by atoms with Crippen LogP contribution in [0, 0.1) is 0 Å². The third kappa shape index (κ3) is 18.3. The second kappa shape index (κ2) is 33.5. The van der Waals surface area contributed by atoms with E-state index >= 15 is 0 Å². The molecule has 0 spiro atoms. The summed E-state index contributed by atoms with van der Waals surface area (Å²) in [6.07, 6.45) is 6.50. The van der Waals surface area contributed by atoms with E-state index in [4.69, 9.17) is 28.4 Å². The molecule has 0 aliphatic carbocycles. The van der Waals surface area contributed by atoms with Crippen molar-refractivity contribution in [2.45, 2.75) is 61.3 Å². The molecule has 5 fully saturated rings. The predicted molar refractivity (Wildman–Crippen MR) is 251 cm³/mol. The monoisotopic (exact) mass is 877 g/mol. The van der Waals surface area contributed by atoms with Gasteiger partial charge in [0.1, 0.15) is 0 Å². The molecule has 16 heteroatoms. The fraction of sp³-hybridized carbons (Fsp3) is 0.932. The highest BCUT2D eigenvalue weighted by Crippen LogP contribution is 2.15. The fourth-order valence-electron chi connectivity index (χ4n) is 8.48. The molecule has 6 aliphatic rings. The smallest absolute Gasteiger partial charge is 0.351 e. The van der Waals surface area contributed by atoms with Crippen molar-refractivity contribution in [3.05, 3.63) is 0 Å². The van der Waals surface area contributed by atoms with Gasteiger partial charge in [-0.15, -0.1) is 0 Å². The first-order valence-electron chi connectivity index (χ1n) is 22.1. The second-order valence-corrected chi connectivity index (χ2v) is 16.6. The summed E-state index contributed by atoms with van der Waals surface area (Å²) in [7, 11) is 9.33. The van der Waals surface area contributed by atoms with Gasteiger partial charge in [-0.3, -0.25) is 43.1 Å². The van der Waals surface area contributed by atoms with Crippen LogP contribution >= 0.6 is 11.8 Å². The number of hydrogen-bond donors (Lipinski definition) is 0. The Morgan fingerprint density at radius 1 is 0.500 bits per heavy atom. The van der Waals surface area contributed by atoms with Crippen LogP contribution in [-0.2, 0) is 28.4 Å². The largest absolute Gasteiger partial charge is 0.381 e. The topological polar surface area (TPSA) is 83.9 Å². The number of piperidine rings is 1. The van der Waals surface area contributed by atoms with E-state index in [1.54, 1.807) is 28.4 Å². The Bertz CT molecular complexity index is 1170. The number of methoxy groups -OCH3 is 4. The van der Waals surface area contributed by atoms with Crippen molar-refractivity contribution in [2.24, 2.45) is 0 Å². The van der Waals surface area contributed by atoms with Gasteiger partial charge in [0, 0.05) is 59.4 Å².